The largest absolute Gasteiger partial charge is 0.472 e. The van der Waals surface area contributed by atoms with E-state index in [2.05, 4.69) is 13.8 Å². The molecule has 9 heteroatoms. The van der Waals surface area contributed by atoms with E-state index >= 15 is 0 Å². The van der Waals surface area contributed by atoms with Crippen LogP contribution in [0.4, 0.5) is 0 Å². The van der Waals surface area contributed by atoms with Gasteiger partial charge in [-0.25, -0.2) is 4.68 Å². The number of aromatic nitrogens is 4. The molecular weight excluding hydrogens is 306 g/mol. The van der Waals surface area contributed by atoms with Gasteiger partial charge in [-0.15, -0.1) is 4.37 Å². The normalized spacial score (nSPS) is 15.8. The van der Waals surface area contributed by atoms with Gasteiger partial charge < -0.3 is 9.64 Å². The molecule has 0 atom stereocenters. The highest BCUT2D eigenvalue weighted by Gasteiger charge is 2.26. The molecule has 0 radical (unpaired) electrons. The van der Waals surface area contributed by atoms with Gasteiger partial charge in [-0.2, -0.15) is 9.47 Å². The minimum absolute atomic E-state index is 0.0426. The fourth-order valence-electron chi connectivity index (χ4n) is 2.33. The Hall–Kier alpha value is -2.29. The van der Waals surface area contributed by atoms with Crippen LogP contribution in [0.3, 0.4) is 0 Å². The van der Waals surface area contributed by atoms with Crippen molar-refractivity contribution in [3.63, 3.8) is 0 Å². The van der Waals surface area contributed by atoms with Crippen molar-refractivity contribution in [2.24, 2.45) is 7.05 Å². The second kappa shape index (κ2) is 6.22. The first kappa shape index (κ1) is 14.6. The number of carbonyl (C=O) groups excluding carboxylic acids is 1. The lowest BCUT2D eigenvalue weighted by atomic mass is 10.1. The van der Waals surface area contributed by atoms with Crippen molar-refractivity contribution in [3.05, 3.63) is 34.4 Å². The molecule has 3 rings (SSSR count). The second-order valence-corrected chi connectivity index (χ2v) is 5.59. The Bertz CT molecular complexity index is 707. The maximum atomic E-state index is 12.4. The van der Waals surface area contributed by atoms with Crippen LogP contribution >= 0.6 is 11.7 Å². The van der Waals surface area contributed by atoms with Gasteiger partial charge in [-0.3, -0.25) is 9.59 Å². The highest BCUT2D eigenvalue weighted by atomic mass is 32.1. The van der Waals surface area contributed by atoms with Crippen LogP contribution in [0.2, 0.25) is 0 Å². The second-order valence-electron chi connectivity index (χ2n) is 5.04. The third kappa shape index (κ3) is 3.14. The van der Waals surface area contributed by atoms with Crippen LogP contribution in [0.5, 0.6) is 5.88 Å². The molecule has 0 unspecified atom stereocenters. The van der Waals surface area contributed by atoms with Gasteiger partial charge in [-0.1, -0.05) is 0 Å². The SMILES string of the molecule is Cn1nc(C(=O)N2CCC(Oc3cnsn3)CC2)ccc1=O. The van der Waals surface area contributed by atoms with Crippen LogP contribution in [0.25, 0.3) is 0 Å². The van der Waals surface area contributed by atoms with Crippen LogP contribution in [0.1, 0.15) is 23.3 Å². The number of aryl methyl sites for hydroxylation is 1. The molecule has 1 saturated heterocycles. The van der Waals surface area contributed by atoms with E-state index in [0.717, 1.165) is 24.6 Å². The first-order chi connectivity index (χ1) is 10.6. The molecule has 0 spiro atoms. The van der Waals surface area contributed by atoms with Crippen LogP contribution in [0.15, 0.2) is 23.1 Å². The molecular formula is C13H15N5O3S. The van der Waals surface area contributed by atoms with Gasteiger partial charge in [0, 0.05) is 39.0 Å². The molecule has 0 bridgehead atoms. The summed E-state index contributed by atoms with van der Waals surface area (Å²) in [5.74, 6) is 0.374. The van der Waals surface area contributed by atoms with Gasteiger partial charge in [0.25, 0.3) is 11.5 Å². The molecule has 1 aliphatic heterocycles. The molecule has 8 nitrogen and oxygen atoms in total. The highest BCUT2D eigenvalue weighted by Crippen LogP contribution is 2.18. The molecule has 0 N–H and O–H groups in total. The van der Waals surface area contributed by atoms with Gasteiger partial charge in [0.2, 0.25) is 5.88 Å². The summed E-state index contributed by atoms with van der Waals surface area (Å²) in [7, 11) is 1.53. The lowest BCUT2D eigenvalue weighted by Gasteiger charge is -2.31. The monoisotopic (exact) mass is 321 g/mol. The zero-order chi connectivity index (χ0) is 15.5. The van der Waals surface area contributed by atoms with E-state index in [-0.39, 0.29) is 23.3 Å². The predicted molar refractivity (Wildman–Crippen MR) is 78.9 cm³/mol. The van der Waals surface area contributed by atoms with E-state index in [0.29, 0.717) is 19.0 Å². The van der Waals surface area contributed by atoms with Gasteiger partial charge in [0.1, 0.15) is 18.0 Å². The summed E-state index contributed by atoms with van der Waals surface area (Å²) in [6.07, 6.45) is 3.10. The van der Waals surface area contributed by atoms with E-state index in [1.54, 1.807) is 11.1 Å². The topological polar surface area (TPSA) is 90.2 Å². The summed E-state index contributed by atoms with van der Waals surface area (Å²) in [6.45, 7) is 1.18. The Morgan fingerprint density at radius 2 is 2.14 bits per heavy atom. The van der Waals surface area contributed by atoms with Gasteiger partial charge in [-0.05, 0) is 6.07 Å². The number of likely N-dealkylation sites (tertiary alicyclic amines) is 1. The smallest absolute Gasteiger partial charge is 0.274 e. The number of ether oxygens (including phenoxy) is 1. The maximum absolute atomic E-state index is 12.4. The molecule has 22 heavy (non-hydrogen) atoms. The molecule has 1 amide bonds. The Kier molecular flexibility index (Phi) is 4.14. The molecule has 2 aromatic rings. The minimum Gasteiger partial charge on any atom is -0.472 e. The van der Waals surface area contributed by atoms with E-state index in [1.165, 1.54) is 23.9 Å². The molecule has 3 heterocycles. The zero-order valence-electron chi connectivity index (χ0n) is 12.0. The molecule has 0 saturated carbocycles. The van der Waals surface area contributed by atoms with Crippen LogP contribution < -0.4 is 10.3 Å². The standard InChI is InChI=1S/C13H15N5O3S/c1-17-12(19)3-2-10(15-17)13(20)18-6-4-9(5-7-18)21-11-8-14-22-16-11/h2-3,8-9H,4-7H2,1H3. The number of hydrogen-bond donors (Lipinski definition) is 0. The Balaban J connectivity index is 1.59. The fourth-order valence-corrected chi connectivity index (χ4v) is 2.69. The summed E-state index contributed by atoms with van der Waals surface area (Å²) >= 11 is 1.11. The van der Waals surface area contributed by atoms with E-state index in [9.17, 15) is 9.59 Å². The summed E-state index contributed by atoms with van der Waals surface area (Å²) < 4.78 is 14.8. The molecule has 116 valence electrons. The van der Waals surface area contributed by atoms with Crippen LogP contribution in [0, 0.1) is 0 Å². The zero-order valence-corrected chi connectivity index (χ0v) is 12.8. The minimum atomic E-state index is -0.236. The highest BCUT2D eigenvalue weighted by molar-refractivity contribution is 6.99. The molecule has 2 aromatic heterocycles. The van der Waals surface area contributed by atoms with Gasteiger partial charge in [0.15, 0.2) is 0 Å². The number of rotatable bonds is 3. The van der Waals surface area contributed by atoms with Crippen LogP contribution in [-0.4, -0.2) is 48.5 Å². The molecule has 1 fully saturated rings. The average molecular weight is 321 g/mol. The average Bonchev–Trinajstić information content (AvgIpc) is 3.03. The third-order valence-corrected chi connectivity index (χ3v) is 4.00. The number of carbonyl (C=O) groups is 1. The quantitative estimate of drug-likeness (QED) is 0.808. The van der Waals surface area contributed by atoms with Crippen molar-refractivity contribution < 1.29 is 9.53 Å². The summed E-state index contributed by atoms with van der Waals surface area (Å²) in [5.41, 5.74) is 0.0469. The fraction of sp³-hybridized carbons (Fsp3) is 0.462. The molecule has 0 aromatic carbocycles. The Morgan fingerprint density at radius 3 is 2.77 bits per heavy atom. The van der Waals surface area contributed by atoms with Gasteiger partial charge in [0.05, 0.1) is 11.7 Å². The van der Waals surface area contributed by atoms with Crippen molar-refractivity contribution in [2.75, 3.05) is 13.1 Å². The van der Waals surface area contributed by atoms with Crippen molar-refractivity contribution in [1.82, 2.24) is 23.4 Å². The Labute approximate surface area is 130 Å². The summed E-state index contributed by atoms with van der Waals surface area (Å²) in [6, 6.07) is 2.82. The summed E-state index contributed by atoms with van der Waals surface area (Å²) in [4.78, 5) is 25.4. The number of piperidine rings is 1. The maximum Gasteiger partial charge on any atom is 0.274 e. The van der Waals surface area contributed by atoms with Crippen molar-refractivity contribution in [1.29, 1.82) is 0 Å². The van der Waals surface area contributed by atoms with E-state index < -0.39 is 0 Å². The first-order valence-electron chi connectivity index (χ1n) is 6.91. The third-order valence-electron chi connectivity index (χ3n) is 3.54. The van der Waals surface area contributed by atoms with Crippen molar-refractivity contribution in [3.8, 4) is 5.88 Å². The summed E-state index contributed by atoms with van der Waals surface area (Å²) in [5, 5.41) is 3.99. The predicted octanol–water partition coefficient (Wildman–Crippen LogP) is 0.315. The molecule has 1 aliphatic rings. The van der Waals surface area contributed by atoms with Crippen molar-refractivity contribution in [2.45, 2.75) is 18.9 Å². The lowest BCUT2D eigenvalue weighted by Crippen LogP contribution is -2.42. The van der Waals surface area contributed by atoms with E-state index in [4.69, 9.17) is 4.74 Å². The van der Waals surface area contributed by atoms with E-state index in [1.807, 2.05) is 0 Å². The van der Waals surface area contributed by atoms with Crippen LogP contribution in [-0.2, 0) is 7.05 Å². The van der Waals surface area contributed by atoms with Crippen molar-refractivity contribution >= 4 is 17.6 Å². The Morgan fingerprint density at radius 1 is 1.36 bits per heavy atom. The lowest BCUT2D eigenvalue weighted by molar-refractivity contribution is 0.0581. The molecule has 0 aliphatic carbocycles. The van der Waals surface area contributed by atoms with Gasteiger partial charge >= 0.3 is 0 Å². The first-order valence-corrected chi connectivity index (χ1v) is 7.64. The number of amides is 1. The number of nitrogens with zero attached hydrogens (tertiary/aromatic N) is 5. The number of hydrogen-bond acceptors (Lipinski definition) is 7.